The number of nitrogens with two attached hydrogens (primary N) is 1. The normalized spacial score (nSPS) is 19.7. The highest BCUT2D eigenvalue weighted by Gasteiger charge is 2.14. The summed E-state index contributed by atoms with van der Waals surface area (Å²) in [5.74, 6) is 0.475. The Morgan fingerprint density at radius 3 is 2.84 bits per heavy atom. The van der Waals surface area contributed by atoms with Crippen molar-refractivity contribution in [3.05, 3.63) is 29.1 Å². The van der Waals surface area contributed by atoms with Gasteiger partial charge in [-0.1, -0.05) is 0 Å². The van der Waals surface area contributed by atoms with E-state index in [1.165, 1.54) is 0 Å². The Balaban J connectivity index is 1.82. The Morgan fingerprint density at radius 1 is 1.47 bits per heavy atom. The van der Waals surface area contributed by atoms with Crippen LogP contribution in [0.1, 0.15) is 29.8 Å². The summed E-state index contributed by atoms with van der Waals surface area (Å²) in [5.41, 5.74) is 9.00. The third-order valence-electron chi connectivity index (χ3n) is 3.11. The van der Waals surface area contributed by atoms with E-state index in [4.69, 9.17) is 10.5 Å². The molecule has 1 aromatic heterocycles. The van der Waals surface area contributed by atoms with Crippen molar-refractivity contribution >= 4 is 5.96 Å². The lowest BCUT2D eigenvalue weighted by molar-refractivity contribution is 0.114. The Bertz CT molecular complexity index is 433. The Morgan fingerprint density at radius 2 is 2.21 bits per heavy atom. The van der Waals surface area contributed by atoms with Gasteiger partial charge < -0.3 is 15.8 Å². The smallest absolute Gasteiger partial charge is 0.189 e. The van der Waals surface area contributed by atoms with E-state index in [-0.39, 0.29) is 6.10 Å². The van der Waals surface area contributed by atoms with E-state index in [1.54, 1.807) is 0 Å². The van der Waals surface area contributed by atoms with Gasteiger partial charge in [-0.05, 0) is 44.4 Å². The maximum Gasteiger partial charge on any atom is 0.189 e. The molecule has 1 aliphatic rings. The van der Waals surface area contributed by atoms with Gasteiger partial charge in [0.25, 0.3) is 0 Å². The van der Waals surface area contributed by atoms with Gasteiger partial charge in [-0.15, -0.1) is 0 Å². The fourth-order valence-electron chi connectivity index (χ4n) is 2.27. The molecule has 1 unspecified atom stereocenters. The lowest BCUT2D eigenvalue weighted by Crippen LogP contribution is -2.37. The van der Waals surface area contributed by atoms with Gasteiger partial charge >= 0.3 is 0 Å². The molecule has 0 spiro atoms. The zero-order chi connectivity index (χ0) is 13.7. The van der Waals surface area contributed by atoms with Crippen molar-refractivity contribution in [1.29, 1.82) is 0 Å². The van der Waals surface area contributed by atoms with Crippen LogP contribution < -0.4 is 11.1 Å². The molecule has 1 aliphatic heterocycles. The van der Waals surface area contributed by atoms with Gasteiger partial charge in [-0.25, -0.2) is 4.99 Å². The zero-order valence-corrected chi connectivity index (χ0v) is 11.6. The van der Waals surface area contributed by atoms with Crippen LogP contribution in [0.25, 0.3) is 0 Å². The van der Waals surface area contributed by atoms with Crippen LogP contribution in [0.2, 0.25) is 0 Å². The Kier molecular flexibility index (Phi) is 4.74. The van der Waals surface area contributed by atoms with E-state index in [1.807, 2.05) is 26.0 Å². The maximum absolute atomic E-state index is 5.84. The number of nitrogens with zero attached hydrogens (tertiary/aromatic N) is 2. The second-order valence-electron chi connectivity index (χ2n) is 4.98. The summed E-state index contributed by atoms with van der Waals surface area (Å²) in [6, 6.07) is 4.06. The molecule has 0 bridgehead atoms. The molecule has 0 aliphatic carbocycles. The fraction of sp³-hybridized carbons (Fsp3) is 0.571. The summed E-state index contributed by atoms with van der Waals surface area (Å²) < 4.78 is 5.52. The highest BCUT2D eigenvalue weighted by molar-refractivity contribution is 5.77. The molecule has 104 valence electrons. The van der Waals surface area contributed by atoms with Crippen molar-refractivity contribution in [2.24, 2.45) is 10.7 Å². The van der Waals surface area contributed by atoms with E-state index in [0.29, 0.717) is 12.5 Å². The summed E-state index contributed by atoms with van der Waals surface area (Å²) in [5, 5.41) is 3.11. The second-order valence-corrected chi connectivity index (χ2v) is 4.98. The number of aryl methyl sites for hydroxylation is 2. The molecule has 1 saturated heterocycles. The van der Waals surface area contributed by atoms with Crippen molar-refractivity contribution in [2.75, 3.05) is 13.2 Å². The molecule has 19 heavy (non-hydrogen) atoms. The molecule has 2 heterocycles. The molecule has 2 rings (SSSR count). The summed E-state index contributed by atoms with van der Waals surface area (Å²) in [4.78, 5) is 8.68. The number of ether oxygens (including phenoxy) is 1. The average molecular weight is 262 g/mol. The second kappa shape index (κ2) is 6.52. The first-order valence-corrected chi connectivity index (χ1v) is 6.73. The van der Waals surface area contributed by atoms with Crippen LogP contribution in [-0.4, -0.2) is 30.2 Å². The molecule has 1 atom stereocenters. The highest BCUT2D eigenvalue weighted by atomic mass is 16.5. The largest absolute Gasteiger partial charge is 0.376 e. The minimum Gasteiger partial charge on any atom is -0.376 e. The van der Waals surface area contributed by atoms with Gasteiger partial charge in [0.1, 0.15) is 0 Å². The van der Waals surface area contributed by atoms with Crippen molar-refractivity contribution in [3.63, 3.8) is 0 Å². The summed E-state index contributed by atoms with van der Waals surface area (Å²) >= 11 is 0. The molecule has 0 aromatic carbocycles. The van der Waals surface area contributed by atoms with Gasteiger partial charge in [0, 0.05) is 24.5 Å². The molecule has 5 nitrogen and oxygen atoms in total. The van der Waals surface area contributed by atoms with E-state index < -0.39 is 0 Å². The third kappa shape index (κ3) is 4.52. The number of hydrogen-bond acceptors (Lipinski definition) is 3. The minimum absolute atomic E-state index is 0.277. The van der Waals surface area contributed by atoms with Gasteiger partial charge in [-0.2, -0.15) is 0 Å². The van der Waals surface area contributed by atoms with Crippen LogP contribution in [0.5, 0.6) is 0 Å². The zero-order valence-electron chi connectivity index (χ0n) is 11.6. The third-order valence-corrected chi connectivity index (χ3v) is 3.11. The van der Waals surface area contributed by atoms with Gasteiger partial charge in [0.15, 0.2) is 5.96 Å². The maximum atomic E-state index is 5.84. The first kappa shape index (κ1) is 13.8. The monoisotopic (exact) mass is 262 g/mol. The average Bonchev–Trinajstić information content (AvgIpc) is 2.86. The number of rotatable bonds is 4. The number of nitrogens with one attached hydrogen (secondary N) is 1. The lowest BCUT2D eigenvalue weighted by Gasteiger charge is -2.11. The Hall–Kier alpha value is -1.62. The number of aromatic nitrogens is 1. The molecule has 1 fully saturated rings. The predicted octanol–water partition coefficient (Wildman–Crippen LogP) is 1.28. The summed E-state index contributed by atoms with van der Waals surface area (Å²) in [7, 11) is 0. The molecule has 0 radical (unpaired) electrons. The molecule has 3 N–H and O–H groups in total. The van der Waals surface area contributed by atoms with Crippen molar-refractivity contribution < 1.29 is 4.74 Å². The first-order valence-electron chi connectivity index (χ1n) is 6.73. The van der Waals surface area contributed by atoms with Crippen LogP contribution in [0.15, 0.2) is 17.1 Å². The highest BCUT2D eigenvalue weighted by Crippen LogP contribution is 2.10. The lowest BCUT2D eigenvalue weighted by atomic mass is 10.2. The van der Waals surface area contributed by atoms with E-state index >= 15 is 0 Å². The molecule has 0 saturated carbocycles. The fourth-order valence-corrected chi connectivity index (χ4v) is 2.27. The summed E-state index contributed by atoms with van der Waals surface area (Å²) in [6.07, 6.45) is 2.52. The van der Waals surface area contributed by atoms with Crippen LogP contribution in [0.3, 0.4) is 0 Å². The topological polar surface area (TPSA) is 72.5 Å². The molecule has 0 amide bonds. The molecule has 1 aromatic rings. The van der Waals surface area contributed by atoms with Crippen LogP contribution in [0, 0.1) is 13.8 Å². The number of guanidine groups is 1. The van der Waals surface area contributed by atoms with E-state index in [0.717, 1.165) is 42.9 Å². The van der Waals surface area contributed by atoms with Crippen LogP contribution in [-0.2, 0) is 11.3 Å². The number of pyridine rings is 1. The van der Waals surface area contributed by atoms with Gasteiger partial charge in [0.2, 0.25) is 0 Å². The minimum atomic E-state index is 0.277. The van der Waals surface area contributed by atoms with Gasteiger partial charge in [-0.3, -0.25) is 4.98 Å². The standard InChI is InChI=1S/C14H22N4O/c1-10-6-12(7-11(2)18-10)8-16-14(15)17-9-13-4-3-5-19-13/h6-7,13H,3-5,8-9H2,1-2H3,(H3,15,16,17). The van der Waals surface area contributed by atoms with Crippen molar-refractivity contribution in [3.8, 4) is 0 Å². The van der Waals surface area contributed by atoms with E-state index in [9.17, 15) is 0 Å². The van der Waals surface area contributed by atoms with Crippen LogP contribution >= 0.6 is 0 Å². The van der Waals surface area contributed by atoms with Crippen molar-refractivity contribution in [2.45, 2.75) is 39.3 Å². The molecular weight excluding hydrogens is 240 g/mol. The predicted molar refractivity (Wildman–Crippen MR) is 76.0 cm³/mol. The SMILES string of the molecule is Cc1cc(CN=C(N)NCC2CCCO2)cc(C)n1. The van der Waals surface area contributed by atoms with Gasteiger partial charge in [0.05, 0.1) is 12.6 Å². The summed E-state index contributed by atoms with van der Waals surface area (Å²) in [6.45, 7) is 6.15. The first-order chi connectivity index (χ1) is 9.13. The quantitative estimate of drug-likeness (QED) is 0.633. The molecular formula is C14H22N4O. The molecule has 5 heteroatoms. The van der Waals surface area contributed by atoms with Crippen molar-refractivity contribution in [1.82, 2.24) is 10.3 Å². The number of hydrogen-bond donors (Lipinski definition) is 2. The number of aliphatic imine (C=N–C) groups is 1. The van der Waals surface area contributed by atoms with Crippen LogP contribution in [0.4, 0.5) is 0 Å². The Labute approximate surface area is 114 Å². The van der Waals surface area contributed by atoms with E-state index in [2.05, 4.69) is 15.3 Å².